The average molecular weight is 580 g/mol. The number of rotatable bonds is 5. The van der Waals surface area contributed by atoms with Gasteiger partial charge in [0, 0.05) is 42.2 Å². The molecule has 212 valence electrons. The molecule has 0 bridgehead atoms. The van der Waals surface area contributed by atoms with E-state index in [9.17, 15) is 9.59 Å². The van der Waals surface area contributed by atoms with Crippen molar-refractivity contribution in [3.63, 3.8) is 0 Å². The number of para-hydroxylation sites is 1. The van der Waals surface area contributed by atoms with Crippen LogP contribution in [0.2, 0.25) is 5.02 Å². The summed E-state index contributed by atoms with van der Waals surface area (Å²) in [6.45, 7) is 14.6. The van der Waals surface area contributed by atoms with Crippen LogP contribution >= 0.6 is 23.4 Å². The second kappa shape index (κ2) is 11.6. The molecular weight excluding hydrogens is 542 g/mol. The Kier molecular flexibility index (Phi) is 8.32. The Morgan fingerprint density at radius 3 is 2.38 bits per heavy atom. The molecule has 1 saturated heterocycles. The maximum Gasteiger partial charge on any atom is 0.242 e. The highest BCUT2D eigenvalue weighted by Gasteiger charge is 2.41. The predicted octanol–water partition coefficient (Wildman–Crippen LogP) is 5.46. The van der Waals surface area contributed by atoms with Crippen LogP contribution in [0, 0.1) is 6.92 Å². The number of halogens is 1. The first-order valence-electron chi connectivity index (χ1n) is 14.0. The van der Waals surface area contributed by atoms with Gasteiger partial charge >= 0.3 is 0 Å². The van der Waals surface area contributed by atoms with Crippen molar-refractivity contribution in [3.05, 3.63) is 75.9 Å². The Labute approximate surface area is 246 Å². The van der Waals surface area contributed by atoms with E-state index in [2.05, 4.69) is 32.6 Å². The van der Waals surface area contributed by atoms with Gasteiger partial charge in [-0.2, -0.15) is 5.10 Å². The number of benzene rings is 2. The van der Waals surface area contributed by atoms with Crippen molar-refractivity contribution in [1.29, 1.82) is 0 Å². The van der Waals surface area contributed by atoms with E-state index in [1.165, 1.54) is 0 Å². The van der Waals surface area contributed by atoms with Crippen LogP contribution in [0.1, 0.15) is 55.3 Å². The van der Waals surface area contributed by atoms with Crippen LogP contribution in [0.4, 0.5) is 5.82 Å². The first-order valence-corrected chi connectivity index (χ1v) is 15.4. The molecule has 2 aliphatic rings. The van der Waals surface area contributed by atoms with Crippen molar-refractivity contribution >= 4 is 41.0 Å². The molecule has 3 aromatic rings. The van der Waals surface area contributed by atoms with Gasteiger partial charge < -0.3 is 9.80 Å². The zero-order valence-electron chi connectivity index (χ0n) is 24.0. The van der Waals surface area contributed by atoms with Crippen LogP contribution in [0.3, 0.4) is 0 Å². The average Bonchev–Trinajstić information content (AvgIpc) is 3.27. The maximum absolute atomic E-state index is 13.9. The predicted molar refractivity (Wildman–Crippen MR) is 164 cm³/mol. The molecule has 0 N–H and O–H groups in total. The van der Waals surface area contributed by atoms with Gasteiger partial charge in [-0.3, -0.25) is 14.5 Å². The quantitative estimate of drug-likeness (QED) is 0.401. The van der Waals surface area contributed by atoms with Crippen LogP contribution in [0.25, 0.3) is 5.69 Å². The highest BCUT2D eigenvalue weighted by atomic mass is 35.5. The molecular formula is C31H38ClN5O2S. The monoisotopic (exact) mass is 579 g/mol. The first kappa shape index (κ1) is 28.7. The summed E-state index contributed by atoms with van der Waals surface area (Å²) in [5.41, 5.74) is 4.39. The van der Waals surface area contributed by atoms with Crippen LogP contribution in [-0.4, -0.2) is 76.4 Å². The molecule has 5 rings (SSSR count). The number of anilines is 1. The molecule has 1 aromatic heterocycles. The Balaban J connectivity index is 1.69. The van der Waals surface area contributed by atoms with Crippen molar-refractivity contribution in [2.45, 2.75) is 45.3 Å². The third-order valence-corrected chi connectivity index (χ3v) is 9.38. The standard InChI is InChI=1S/C31H38ClN5O2S/c1-6-34-15-17-35(18-16-34)25(38)19-36-26(39)20-40-28(22-12-8-9-13-23(22)32)27-29(31(3,4)5)33-37(30(27)36)24-14-10-7-11-21(24)2/h7-14,28H,6,15-20H2,1-5H3. The summed E-state index contributed by atoms with van der Waals surface area (Å²) < 4.78 is 1.89. The smallest absolute Gasteiger partial charge is 0.242 e. The van der Waals surface area contributed by atoms with E-state index >= 15 is 0 Å². The van der Waals surface area contributed by atoms with Gasteiger partial charge in [0.15, 0.2) is 0 Å². The first-order chi connectivity index (χ1) is 19.1. The molecule has 1 unspecified atom stereocenters. The molecule has 0 spiro atoms. The summed E-state index contributed by atoms with van der Waals surface area (Å²) in [4.78, 5) is 33.6. The van der Waals surface area contributed by atoms with E-state index < -0.39 is 0 Å². The lowest BCUT2D eigenvalue weighted by molar-refractivity contribution is -0.132. The summed E-state index contributed by atoms with van der Waals surface area (Å²) in [5, 5.41) is 5.64. The van der Waals surface area contributed by atoms with Crippen molar-refractivity contribution in [1.82, 2.24) is 19.6 Å². The Hall–Kier alpha value is -2.81. The fourth-order valence-electron chi connectivity index (χ4n) is 5.52. The minimum atomic E-state index is -0.322. The minimum Gasteiger partial charge on any atom is -0.339 e. The largest absolute Gasteiger partial charge is 0.339 e. The number of likely N-dealkylation sites (N-methyl/N-ethyl adjacent to an activating group) is 1. The second-order valence-corrected chi connectivity index (χ2v) is 13.0. The highest BCUT2D eigenvalue weighted by molar-refractivity contribution is 8.00. The maximum atomic E-state index is 13.9. The summed E-state index contributed by atoms with van der Waals surface area (Å²) in [5.74, 6) is 0.765. The topological polar surface area (TPSA) is 61.7 Å². The van der Waals surface area contributed by atoms with Gasteiger partial charge in [-0.05, 0) is 36.7 Å². The van der Waals surface area contributed by atoms with Crippen LogP contribution in [-0.2, 0) is 15.0 Å². The number of piperazine rings is 1. The number of nitrogens with zero attached hydrogens (tertiary/aromatic N) is 5. The van der Waals surface area contributed by atoms with Gasteiger partial charge in [-0.25, -0.2) is 4.68 Å². The van der Waals surface area contributed by atoms with Crippen molar-refractivity contribution in [2.75, 3.05) is 49.9 Å². The summed E-state index contributed by atoms with van der Waals surface area (Å²) >= 11 is 8.33. The molecule has 2 aromatic carbocycles. The van der Waals surface area contributed by atoms with Crippen LogP contribution in [0.15, 0.2) is 48.5 Å². The molecule has 9 heteroatoms. The van der Waals surface area contributed by atoms with E-state index in [1.54, 1.807) is 16.7 Å². The molecule has 1 fully saturated rings. The number of aryl methyl sites for hydroxylation is 1. The van der Waals surface area contributed by atoms with Crippen molar-refractivity contribution in [2.24, 2.45) is 0 Å². The van der Waals surface area contributed by atoms with Gasteiger partial charge in [0.25, 0.3) is 0 Å². The second-order valence-electron chi connectivity index (χ2n) is 11.5. The van der Waals surface area contributed by atoms with Crippen LogP contribution in [0.5, 0.6) is 0 Å². The molecule has 7 nitrogen and oxygen atoms in total. The minimum absolute atomic E-state index is 0.0189. The van der Waals surface area contributed by atoms with E-state index in [0.29, 0.717) is 23.9 Å². The number of amides is 2. The SMILES string of the molecule is CCN1CCN(C(=O)CN2C(=O)CSC(c3ccccc3Cl)c3c(C(C)(C)C)nn(-c4ccccc4C)c32)CC1. The summed E-state index contributed by atoms with van der Waals surface area (Å²) in [7, 11) is 0. The molecule has 0 radical (unpaired) electrons. The highest BCUT2D eigenvalue weighted by Crippen LogP contribution is 2.49. The number of thioether (sulfide) groups is 1. The normalized spacial score (nSPS) is 18.6. The summed E-state index contributed by atoms with van der Waals surface area (Å²) in [6.07, 6.45) is 0. The lowest BCUT2D eigenvalue weighted by Crippen LogP contribution is -2.52. The molecule has 0 saturated carbocycles. The molecule has 0 aliphatic carbocycles. The van der Waals surface area contributed by atoms with E-state index in [1.807, 2.05) is 65.0 Å². The van der Waals surface area contributed by atoms with Gasteiger partial charge in [0.1, 0.15) is 12.4 Å². The zero-order chi connectivity index (χ0) is 28.6. The number of fused-ring (bicyclic) bond motifs is 1. The van der Waals surface area contributed by atoms with Gasteiger partial charge in [0.05, 0.1) is 22.4 Å². The van der Waals surface area contributed by atoms with Gasteiger partial charge in [-0.1, -0.05) is 75.7 Å². The number of hydrogen-bond acceptors (Lipinski definition) is 5. The third kappa shape index (κ3) is 5.54. The lowest BCUT2D eigenvalue weighted by Gasteiger charge is -2.35. The molecule has 40 heavy (non-hydrogen) atoms. The summed E-state index contributed by atoms with van der Waals surface area (Å²) in [6, 6.07) is 15.9. The Bertz CT molecular complexity index is 1410. The van der Waals surface area contributed by atoms with E-state index in [0.717, 1.165) is 47.7 Å². The van der Waals surface area contributed by atoms with E-state index in [-0.39, 0.29) is 34.8 Å². The Morgan fingerprint density at radius 1 is 1.05 bits per heavy atom. The van der Waals surface area contributed by atoms with E-state index in [4.69, 9.17) is 16.7 Å². The number of aromatic nitrogens is 2. The number of carbonyl (C=O) groups is 2. The molecule has 2 amide bonds. The fraction of sp³-hybridized carbons (Fsp3) is 0.452. The molecule has 3 heterocycles. The number of carbonyl (C=O) groups excluding carboxylic acids is 2. The van der Waals surface area contributed by atoms with Crippen molar-refractivity contribution < 1.29 is 9.59 Å². The van der Waals surface area contributed by atoms with Crippen LogP contribution < -0.4 is 4.90 Å². The third-order valence-electron chi connectivity index (χ3n) is 7.80. The lowest BCUT2D eigenvalue weighted by atomic mass is 9.87. The van der Waals surface area contributed by atoms with Gasteiger partial charge in [0.2, 0.25) is 11.8 Å². The Morgan fingerprint density at radius 2 is 1.73 bits per heavy atom. The molecule has 1 atom stereocenters. The fourth-order valence-corrected chi connectivity index (χ4v) is 7.07. The number of hydrogen-bond donors (Lipinski definition) is 0. The molecule has 2 aliphatic heterocycles. The zero-order valence-corrected chi connectivity index (χ0v) is 25.6. The van der Waals surface area contributed by atoms with Gasteiger partial charge in [-0.15, -0.1) is 11.8 Å². The van der Waals surface area contributed by atoms with Crippen molar-refractivity contribution in [3.8, 4) is 5.69 Å².